The van der Waals surface area contributed by atoms with Crippen molar-refractivity contribution >= 4 is 17.2 Å². The maximum atomic E-state index is 5.67. The van der Waals surface area contributed by atoms with Gasteiger partial charge in [0.1, 0.15) is 12.1 Å². The molecule has 24 heavy (non-hydrogen) atoms. The molecule has 0 amide bonds. The van der Waals surface area contributed by atoms with Crippen LogP contribution in [0.3, 0.4) is 0 Å². The van der Waals surface area contributed by atoms with Crippen LogP contribution in [0.2, 0.25) is 0 Å². The molecular formula is C17H21N7. The average molecular weight is 323 g/mol. The van der Waals surface area contributed by atoms with E-state index in [4.69, 9.17) is 5.73 Å². The lowest BCUT2D eigenvalue weighted by Gasteiger charge is -2.22. The predicted octanol–water partition coefficient (Wildman–Crippen LogP) is 1.79. The fourth-order valence-electron chi connectivity index (χ4n) is 3.51. The molecule has 1 atom stereocenters. The highest BCUT2D eigenvalue weighted by atomic mass is 15.4. The average Bonchev–Trinajstić information content (AvgIpc) is 3.20. The van der Waals surface area contributed by atoms with Gasteiger partial charge in [0.25, 0.3) is 0 Å². The van der Waals surface area contributed by atoms with Crippen LogP contribution in [-0.2, 0) is 6.42 Å². The zero-order chi connectivity index (χ0) is 16.7. The van der Waals surface area contributed by atoms with Crippen molar-refractivity contribution in [1.29, 1.82) is 0 Å². The molecule has 0 spiro atoms. The highest BCUT2D eigenvalue weighted by molar-refractivity contribution is 5.73. The maximum absolute atomic E-state index is 5.67. The molecule has 0 radical (unpaired) electrons. The normalized spacial score (nSPS) is 17.8. The molecule has 1 aliphatic rings. The van der Waals surface area contributed by atoms with Crippen LogP contribution in [0.4, 0.5) is 11.5 Å². The third-order valence-electron chi connectivity index (χ3n) is 4.87. The van der Waals surface area contributed by atoms with E-state index in [0.29, 0.717) is 11.7 Å². The summed E-state index contributed by atoms with van der Waals surface area (Å²) < 4.78 is 1.77. The van der Waals surface area contributed by atoms with Gasteiger partial charge in [0.15, 0.2) is 0 Å². The van der Waals surface area contributed by atoms with Crippen LogP contribution in [0.15, 0.2) is 24.7 Å². The molecule has 3 aromatic rings. The fraction of sp³-hybridized carbons (Fsp3) is 0.412. The molecule has 1 unspecified atom stereocenters. The summed E-state index contributed by atoms with van der Waals surface area (Å²) in [5.74, 6) is 1.18. The van der Waals surface area contributed by atoms with Crippen LogP contribution >= 0.6 is 0 Å². The van der Waals surface area contributed by atoms with Gasteiger partial charge in [0, 0.05) is 19.3 Å². The van der Waals surface area contributed by atoms with Crippen LogP contribution in [0.1, 0.15) is 23.2 Å². The number of nitrogens with two attached hydrogens (primary N) is 1. The standard InChI is InChI=1S/C17H21N7/c1-11-12(2)22-24-10-20-21-17(24)16(11)23-6-5-14(9-23)7-13-3-4-15(18)19-8-13/h3-4,8,10,14H,5-7,9H2,1-2H3,(H2,18,19). The lowest BCUT2D eigenvalue weighted by molar-refractivity contribution is 0.585. The summed E-state index contributed by atoms with van der Waals surface area (Å²) in [5, 5.41) is 12.8. The molecule has 0 bridgehead atoms. The molecule has 4 rings (SSSR count). The molecule has 124 valence electrons. The van der Waals surface area contributed by atoms with E-state index in [2.05, 4.69) is 38.2 Å². The molecule has 2 N–H and O–H groups in total. The minimum absolute atomic E-state index is 0.573. The molecule has 4 heterocycles. The smallest absolute Gasteiger partial charge is 0.201 e. The van der Waals surface area contributed by atoms with Crippen LogP contribution in [0.5, 0.6) is 0 Å². The van der Waals surface area contributed by atoms with Gasteiger partial charge in [-0.3, -0.25) is 0 Å². The molecule has 7 nitrogen and oxygen atoms in total. The summed E-state index contributed by atoms with van der Waals surface area (Å²) in [4.78, 5) is 6.61. The maximum Gasteiger partial charge on any atom is 0.201 e. The fourth-order valence-corrected chi connectivity index (χ4v) is 3.51. The molecule has 0 aliphatic carbocycles. The summed E-state index contributed by atoms with van der Waals surface area (Å²) in [6.07, 6.45) is 5.73. The van der Waals surface area contributed by atoms with Gasteiger partial charge < -0.3 is 10.6 Å². The van der Waals surface area contributed by atoms with E-state index in [1.807, 2.05) is 19.2 Å². The second kappa shape index (κ2) is 5.74. The van der Waals surface area contributed by atoms with Crippen molar-refractivity contribution in [3.63, 3.8) is 0 Å². The van der Waals surface area contributed by atoms with Gasteiger partial charge in [-0.25, -0.2) is 4.98 Å². The van der Waals surface area contributed by atoms with Crippen molar-refractivity contribution in [2.24, 2.45) is 5.92 Å². The van der Waals surface area contributed by atoms with E-state index < -0.39 is 0 Å². The Kier molecular flexibility index (Phi) is 3.55. The topological polar surface area (TPSA) is 85.2 Å². The van der Waals surface area contributed by atoms with Crippen LogP contribution in [-0.4, -0.2) is 37.9 Å². The number of hydrogen-bond donors (Lipinski definition) is 1. The van der Waals surface area contributed by atoms with Crippen LogP contribution < -0.4 is 10.6 Å². The second-order valence-electron chi connectivity index (χ2n) is 6.55. The Hall–Kier alpha value is -2.70. The summed E-state index contributed by atoms with van der Waals surface area (Å²) in [6.45, 7) is 6.19. The SMILES string of the molecule is Cc1nn2cnnc2c(N2CCC(Cc3ccc(N)nc3)C2)c1C. The van der Waals surface area contributed by atoms with E-state index in [9.17, 15) is 0 Å². The van der Waals surface area contributed by atoms with Gasteiger partial charge in [-0.2, -0.15) is 9.61 Å². The summed E-state index contributed by atoms with van der Waals surface area (Å²) in [5.41, 5.74) is 11.1. The van der Waals surface area contributed by atoms with Gasteiger partial charge in [0.2, 0.25) is 5.65 Å². The number of nitrogen functional groups attached to an aromatic ring is 1. The first kappa shape index (κ1) is 14.9. The van der Waals surface area contributed by atoms with Crippen molar-refractivity contribution in [3.8, 4) is 0 Å². The Morgan fingerprint density at radius 2 is 2.17 bits per heavy atom. The largest absolute Gasteiger partial charge is 0.384 e. The molecule has 0 aromatic carbocycles. The van der Waals surface area contributed by atoms with E-state index in [0.717, 1.165) is 43.0 Å². The van der Waals surface area contributed by atoms with E-state index in [1.165, 1.54) is 11.1 Å². The van der Waals surface area contributed by atoms with E-state index in [-0.39, 0.29) is 0 Å². The number of anilines is 2. The summed E-state index contributed by atoms with van der Waals surface area (Å²) in [7, 11) is 0. The number of fused-ring (bicyclic) bond motifs is 1. The van der Waals surface area contributed by atoms with Crippen molar-refractivity contribution in [1.82, 2.24) is 24.8 Å². The molecule has 3 aromatic heterocycles. The zero-order valence-corrected chi connectivity index (χ0v) is 14.0. The minimum atomic E-state index is 0.573. The Bertz CT molecular complexity index is 869. The van der Waals surface area contributed by atoms with Crippen LogP contribution in [0.25, 0.3) is 5.65 Å². The Labute approximate surface area is 140 Å². The van der Waals surface area contributed by atoms with Crippen molar-refractivity contribution < 1.29 is 0 Å². The van der Waals surface area contributed by atoms with Gasteiger partial charge in [-0.05, 0) is 49.8 Å². The zero-order valence-electron chi connectivity index (χ0n) is 14.0. The second-order valence-corrected chi connectivity index (χ2v) is 6.55. The third kappa shape index (κ3) is 2.55. The van der Waals surface area contributed by atoms with E-state index >= 15 is 0 Å². The van der Waals surface area contributed by atoms with Crippen molar-refractivity contribution in [3.05, 3.63) is 41.5 Å². The van der Waals surface area contributed by atoms with Crippen LogP contribution in [0, 0.1) is 19.8 Å². The first-order chi connectivity index (χ1) is 11.6. The summed E-state index contributed by atoms with van der Waals surface area (Å²) >= 11 is 0. The number of hydrogen-bond acceptors (Lipinski definition) is 6. The van der Waals surface area contributed by atoms with Gasteiger partial charge in [0.05, 0.1) is 11.4 Å². The molecule has 1 aliphatic heterocycles. The Morgan fingerprint density at radius 3 is 2.96 bits per heavy atom. The highest BCUT2D eigenvalue weighted by Crippen LogP contribution is 2.31. The van der Waals surface area contributed by atoms with Gasteiger partial charge in [-0.1, -0.05) is 6.07 Å². The number of pyridine rings is 1. The number of aromatic nitrogens is 5. The summed E-state index contributed by atoms with van der Waals surface area (Å²) in [6, 6.07) is 3.95. The van der Waals surface area contributed by atoms with Gasteiger partial charge >= 0.3 is 0 Å². The molecule has 0 saturated carbocycles. The lowest BCUT2D eigenvalue weighted by Crippen LogP contribution is -2.23. The molecular weight excluding hydrogens is 302 g/mol. The van der Waals surface area contributed by atoms with Gasteiger partial charge in [-0.15, -0.1) is 10.2 Å². The molecule has 1 fully saturated rings. The first-order valence-electron chi connectivity index (χ1n) is 8.24. The Balaban J connectivity index is 1.58. The van der Waals surface area contributed by atoms with Crippen molar-refractivity contribution in [2.45, 2.75) is 26.7 Å². The lowest BCUT2D eigenvalue weighted by atomic mass is 10.00. The quantitative estimate of drug-likeness (QED) is 0.791. The number of aryl methyl sites for hydroxylation is 1. The Morgan fingerprint density at radius 1 is 1.29 bits per heavy atom. The number of nitrogens with zero attached hydrogens (tertiary/aromatic N) is 6. The minimum Gasteiger partial charge on any atom is -0.384 e. The van der Waals surface area contributed by atoms with E-state index in [1.54, 1.807) is 10.8 Å². The first-order valence-corrected chi connectivity index (χ1v) is 8.24. The predicted molar refractivity (Wildman–Crippen MR) is 92.9 cm³/mol. The molecule has 7 heteroatoms. The number of rotatable bonds is 3. The van der Waals surface area contributed by atoms with Crippen molar-refractivity contribution in [2.75, 3.05) is 23.7 Å². The third-order valence-corrected chi connectivity index (χ3v) is 4.87. The monoisotopic (exact) mass is 323 g/mol. The highest BCUT2D eigenvalue weighted by Gasteiger charge is 2.27. The molecule has 1 saturated heterocycles.